The molecule has 1 N–H and O–H groups in total. The molecule has 4 aliphatic rings. The van der Waals surface area contributed by atoms with Crippen molar-refractivity contribution in [2.45, 2.75) is 32.0 Å². The van der Waals surface area contributed by atoms with Crippen molar-refractivity contribution >= 4 is 17.5 Å². The molecule has 0 aromatic carbocycles. The molecule has 0 radical (unpaired) electrons. The number of rotatable bonds is 3. The Labute approximate surface area is 194 Å². The van der Waals surface area contributed by atoms with Crippen molar-refractivity contribution in [2.75, 3.05) is 49.5 Å². The topological polar surface area (TPSA) is 73.8 Å². The van der Waals surface area contributed by atoms with E-state index in [1.165, 1.54) is 12.3 Å². The van der Waals surface area contributed by atoms with E-state index in [9.17, 15) is 18.0 Å². The molecule has 1 aliphatic carbocycles. The lowest BCUT2D eigenvalue weighted by atomic mass is 10.1. The molecule has 2 aromatic rings. The van der Waals surface area contributed by atoms with Gasteiger partial charge in [-0.15, -0.1) is 0 Å². The number of aryl methyl sites for hydroxylation is 1. The van der Waals surface area contributed by atoms with Gasteiger partial charge in [0.25, 0.3) is 11.8 Å². The first kappa shape index (κ1) is 21.5. The van der Waals surface area contributed by atoms with Crippen LogP contribution < -0.4 is 15.0 Å². The van der Waals surface area contributed by atoms with Crippen LogP contribution in [0.5, 0.6) is 5.75 Å². The van der Waals surface area contributed by atoms with Crippen LogP contribution in [0.4, 0.5) is 24.8 Å². The monoisotopic (exact) mass is 474 g/mol. The van der Waals surface area contributed by atoms with Crippen LogP contribution in [0.2, 0.25) is 0 Å². The standard InChI is InChI=1S/C23H25F3N6O2/c1-14-2-3-17-18(28-14)29-21(34-17)31-8-6-30(7-9-31)20(33)15-10-16(24)19(27-11-15)32-5-4-22(13-32)12-23(22,25)26/h2-3,10-11,21H,4-9,12-13H2,1H3,(H,28,29). The summed E-state index contributed by atoms with van der Waals surface area (Å²) in [4.78, 5) is 26.8. The summed E-state index contributed by atoms with van der Waals surface area (Å²) in [6.45, 7) is 4.41. The number of aromatic nitrogens is 2. The summed E-state index contributed by atoms with van der Waals surface area (Å²) in [5.74, 6) is -2.19. The van der Waals surface area contributed by atoms with Crippen molar-refractivity contribution in [1.29, 1.82) is 0 Å². The summed E-state index contributed by atoms with van der Waals surface area (Å²) in [5.41, 5.74) is 0.0128. The highest BCUT2D eigenvalue weighted by atomic mass is 19.3. The number of halogens is 3. The van der Waals surface area contributed by atoms with Crippen LogP contribution in [-0.4, -0.2) is 77.2 Å². The molecule has 3 aliphatic heterocycles. The third kappa shape index (κ3) is 3.44. The minimum Gasteiger partial charge on any atom is -0.453 e. The van der Waals surface area contributed by atoms with Gasteiger partial charge in [0.15, 0.2) is 23.2 Å². The third-order valence-corrected chi connectivity index (χ3v) is 7.36. The number of amides is 1. The molecule has 11 heteroatoms. The average Bonchev–Trinajstić information content (AvgIpc) is 3.17. The van der Waals surface area contributed by atoms with Gasteiger partial charge in [-0.1, -0.05) is 0 Å². The molecule has 5 heterocycles. The zero-order valence-corrected chi connectivity index (χ0v) is 18.7. The van der Waals surface area contributed by atoms with E-state index in [-0.39, 0.29) is 36.6 Å². The summed E-state index contributed by atoms with van der Waals surface area (Å²) < 4.78 is 48.1. The molecule has 6 rings (SSSR count). The molecule has 2 aromatic heterocycles. The van der Waals surface area contributed by atoms with Gasteiger partial charge >= 0.3 is 0 Å². The Morgan fingerprint density at radius 3 is 2.65 bits per heavy atom. The van der Waals surface area contributed by atoms with Crippen LogP contribution in [0.15, 0.2) is 24.4 Å². The van der Waals surface area contributed by atoms with E-state index in [4.69, 9.17) is 4.74 Å². The van der Waals surface area contributed by atoms with Gasteiger partial charge in [-0.25, -0.2) is 28.0 Å². The van der Waals surface area contributed by atoms with Crippen molar-refractivity contribution in [3.8, 4) is 5.75 Å². The second kappa shape index (κ2) is 7.46. The maximum absolute atomic E-state index is 14.8. The fourth-order valence-corrected chi connectivity index (χ4v) is 5.17. The lowest BCUT2D eigenvalue weighted by molar-refractivity contribution is 0.0177. The van der Waals surface area contributed by atoms with Crippen LogP contribution in [-0.2, 0) is 0 Å². The first-order valence-corrected chi connectivity index (χ1v) is 11.5. The summed E-state index contributed by atoms with van der Waals surface area (Å²) in [6, 6.07) is 4.94. The predicted octanol–water partition coefficient (Wildman–Crippen LogP) is 2.71. The lowest BCUT2D eigenvalue weighted by Gasteiger charge is -2.37. The molecule has 180 valence electrons. The van der Waals surface area contributed by atoms with Gasteiger partial charge < -0.3 is 19.9 Å². The lowest BCUT2D eigenvalue weighted by Crippen LogP contribution is -2.54. The SMILES string of the molecule is Cc1ccc2c(n1)NC(N1CCN(C(=O)c3cnc(N4CCC5(C4)CC5(F)F)c(F)c3)CC1)O2. The predicted molar refractivity (Wildman–Crippen MR) is 118 cm³/mol. The Morgan fingerprint density at radius 2 is 1.97 bits per heavy atom. The summed E-state index contributed by atoms with van der Waals surface area (Å²) in [7, 11) is 0. The number of carbonyl (C=O) groups is 1. The van der Waals surface area contributed by atoms with Gasteiger partial charge in [0.1, 0.15) is 0 Å². The van der Waals surface area contributed by atoms with Crippen molar-refractivity contribution in [2.24, 2.45) is 5.41 Å². The number of ether oxygens (including phenoxy) is 1. The summed E-state index contributed by atoms with van der Waals surface area (Å²) in [5, 5.41) is 3.25. The van der Waals surface area contributed by atoms with Gasteiger partial charge in [0.05, 0.1) is 11.0 Å². The smallest absolute Gasteiger partial charge is 0.256 e. The largest absolute Gasteiger partial charge is 0.453 e. The Kier molecular flexibility index (Phi) is 4.71. The second-order valence-corrected chi connectivity index (χ2v) is 9.60. The number of fused-ring (bicyclic) bond motifs is 1. The highest BCUT2D eigenvalue weighted by Gasteiger charge is 2.72. The molecular formula is C23H25F3N6O2. The van der Waals surface area contributed by atoms with Crippen LogP contribution >= 0.6 is 0 Å². The first-order valence-electron chi connectivity index (χ1n) is 11.5. The minimum absolute atomic E-state index is 0.0359. The van der Waals surface area contributed by atoms with Crippen LogP contribution in [0.1, 0.15) is 28.9 Å². The average molecular weight is 474 g/mol. The van der Waals surface area contributed by atoms with E-state index < -0.39 is 17.2 Å². The number of carbonyl (C=O) groups excluding carboxylic acids is 1. The fourth-order valence-electron chi connectivity index (χ4n) is 5.17. The third-order valence-electron chi connectivity index (χ3n) is 7.36. The van der Waals surface area contributed by atoms with E-state index in [2.05, 4.69) is 20.2 Å². The number of anilines is 2. The Balaban J connectivity index is 1.07. The molecular weight excluding hydrogens is 449 g/mol. The Bertz CT molecular complexity index is 1160. The van der Waals surface area contributed by atoms with Crippen molar-refractivity contribution in [1.82, 2.24) is 19.8 Å². The molecule has 2 atom stereocenters. The van der Waals surface area contributed by atoms with E-state index >= 15 is 0 Å². The number of alkyl halides is 2. The van der Waals surface area contributed by atoms with E-state index in [0.717, 1.165) is 5.69 Å². The highest BCUT2D eigenvalue weighted by molar-refractivity contribution is 5.94. The summed E-state index contributed by atoms with van der Waals surface area (Å²) >= 11 is 0. The Morgan fingerprint density at radius 1 is 1.21 bits per heavy atom. The quantitative estimate of drug-likeness (QED) is 0.733. The minimum atomic E-state index is -2.67. The van der Waals surface area contributed by atoms with Crippen molar-refractivity contribution < 1.29 is 22.7 Å². The Hall–Kier alpha value is -3.08. The molecule has 8 nitrogen and oxygen atoms in total. The van der Waals surface area contributed by atoms with Crippen LogP contribution in [0, 0.1) is 18.2 Å². The molecule has 2 saturated heterocycles. The van der Waals surface area contributed by atoms with E-state index in [1.807, 2.05) is 19.1 Å². The van der Waals surface area contributed by atoms with Gasteiger partial charge in [-0.05, 0) is 31.5 Å². The van der Waals surface area contributed by atoms with Crippen LogP contribution in [0.25, 0.3) is 0 Å². The van der Waals surface area contributed by atoms with Gasteiger partial charge in [-0.2, -0.15) is 0 Å². The van der Waals surface area contributed by atoms with E-state index in [1.54, 1.807) is 9.80 Å². The zero-order chi connectivity index (χ0) is 23.7. The maximum Gasteiger partial charge on any atom is 0.256 e. The fraction of sp³-hybridized carbons (Fsp3) is 0.522. The molecule has 1 amide bonds. The molecule has 1 spiro atoms. The number of nitrogens with zero attached hydrogens (tertiary/aromatic N) is 5. The highest BCUT2D eigenvalue weighted by Crippen LogP contribution is 2.65. The molecule has 1 saturated carbocycles. The number of hydrogen-bond donors (Lipinski definition) is 1. The van der Waals surface area contributed by atoms with Gasteiger partial charge in [0.2, 0.25) is 6.35 Å². The second-order valence-electron chi connectivity index (χ2n) is 9.60. The van der Waals surface area contributed by atoms with Gasteiger partial charge in [-0.3, -0.25) is 4.79 Å². The molecule has 3 fully saturated rings. The normalized spacial score (nSPS) is 27.5. The zero-order valence-electron chi connectivity index (χ0n) is 18.7. The number of piperazine rings is 1. The molecule has 0 bridgehead atoms. The number of hydrogen-bond acceptors (Lipinski definition) is 7. The van der Waals surface area contributed by atoms with Crippen LogP contribution in [0.3, 0.4) is 0 Å². The molecule has 34 heavy (non-hydrogen) atoms. The first-order chi connectivity index (χ1) is 16.2. The van der Waals surface area contributed by atoms with E-state index in [0.29, 0.717) is 50.7 Å². The van der Waals surface area contributed by atoms with Crippen molar-refractivity contribution in [3.05, 3.63) is 41.5 Å². The number of pyridine rings is 2. The van der Waals surface area contributed by atoms with Gasteiger partial charge in [0, 0.05) is 57.6 Å². The summed E-state index contributed by atoms with van der Waals surface area (Å²) in [6.07, 6.45) is 1.18. The number of nitrogens with one attached hydrogen (secondary N) is 1. The molecule has 2 unspecified atom stereocenters. The van der Waals surface area contributed by atoms with Crippen molar-refractivity contribution in [3.63, 3.8) is 0 Å². The maximum atomic E-state index is 14.8.